The number of piperidine rings is 1. The number of amides is 1. The van der Waals surface area contributed by atoms with Crippen molar-refractivity contribution in [2.24, 2.45) is 0 Å². The van der Waals surface area contributed by atoms with Crippen LogP contribution < -0.4 is 10.2 Å². The number of hydrogen-bond acceptors (Lipinski definition) is 6. The van der Waals surface area contributed by atoms with Gasteiger partial charge in [-0.15, -0.1) is 0 Å². The number of carbonyl (C=O) groups is 1. The molecule has 4 heterocycles. The molecule has 0 spiro atoms. The van der Waals surface area contributed by atoms with Gasteiger partial charge < -0.3 is 19.1 Å². The van der Waals surface area contributed by atoms with Crippen LogP contribution in [-0.4, -0.2) is 29.0 Å². The van der Waals surface area contributed by atoms with E-state index in [1.165, 1.54) is 6.42 Å². The average molecular weight is 376 g/mol. The van der Waals surface area contributed by atoms with Crippen molar-refractivity contribution in [3.05, 3.63) is 54.2 Å². The van der Waals surface area contributed by atoms with Gasteiger partial charge in [-0.1, -0.05) is 12.1 Å². The fraction of sp³-hybridized carbons (Fsp3) is 0.286. The minimum absolute atomic E-state index is 0.145. The molecule has 1 amide bonds. The second kappa shape index (κ2) is 6.99. The van der Waals surface area contributed by atoms with Crippen molar-refractivity contribution in [1.82, 2.24) is 15.3 Å². The number of furan rings is 2. The highest BCUT2D eigenvalue weighted by Crippen LogP contribution is 2.33. The van der Waals surface area contributed by atoms with E-state index in [2.05, 4.69) is 20.2 Å². The summed E-state index contributed by atoms with van der Waals surface area (Å²) in [6, 6.07) is 11.3. The molecule has 1 saturated heterocycles. The van der Waals surface area contributed by atoms with E-state index in [-0.39, 0.29) is 11.7 Å². The van der Waals surface area contributed by atoms with Crippen LogP contribution >= 0.6 is 0 Å². The lowest BCUT2D eigenvalue weighted by atomic mass is 10.1. The Morgan fingerprint density at radius 3 is 2.75 bits per heavy atom. The van der Waals surface area contributed by atoms with Crippen LogP contribution in [-0.2, 0) is 6.54 Å². The second-order valence-electron chi connectivity index (χ2n) is 6.96. The summed E-state index contributed by atoms with van der Waals surface area (Å²) in [6.45, 7) is 2.09. The molecule has 0 unspecified atom stereocenters. The van der Waals surface area contributed by atoms with Gasteiger partial charge in [0.25, 0.3) is 5.91 Å². The van der Waals surface area contributed by atoms with Gasteiger partial charge in [0.15, 0.2) is 11.4 Å². The number of para-hydroxylation sites is 1. The smallest absolute Gasteiger partial charge is 0.289 e. The fourth-order valence-electron chi connectivity index (χ4n) is 3.66. The topological polar surface area (TPSA) is 84.4 Å². The highest BCUT2D eigenvalue weighted by Gasteiger charge is 2.23. The van der Waals surface area contributed by atoms with Crippen molar-refractivity contribution in [2.75, 3.05) is 18.0 Å². The molecule has 7 heteroatoms. The second-order valence-corrected chi connectivity index (χ2v) is 6.96. The van der Waals surface area contributed by atoms with Crippen LogP contribution in [0.15, 0.2) is 51.5 Å². The monoisotopic (exact) mass is 376 g/mol. The van der Waals surface area contributed by atoms with Crippen molar-refractivity contribution in [2.45, 2.75) is 25.8 Å². The lowest BCUT2D eigenvalue weighted by Gasteiger charge is -2.27. The number of anilines is 1. The SMILES string of the molecule is O=C(NCc1ccco1)c1nc(N2CCCCC2)c2oc3ccccc3c2n1. The third-order valence-corrected chi connectivity index (χ3v) is 5.06. The molecule has 0 bridgehead atoms. The molecule has 3 aromatic heterocycles. The highest BCUT2D eigenvalue weighted by molar-refractivity contribution is 6.07. The molecule has 0 saturated carbocycles. The Bertz CT molecular complexity index is 1130. The van der Waals surface area contributed by atoms with E-state index in [0.717, 1.165) is 36.9 Å². The maximum Gasteiger partial charge on any atom is 0.289 e. The van der Waals surface area contributed by atoms with Crippen molar-refractivity contribution in [1.29, 1.82) is 0 Å². The minimum Gasteiger partial charge on any atom is -0.467 e. The van der Waals surface area contributed by atoms with Gasteiger partial charge in [-0.2, -0.15) is 0 Å². The number of rotatable bonds is 4. The van der Waals surface area contributed by atoms with Crippen LogP contribution in [0.4, 0.5) is 5.82 Å². The molecule has 142 valence electrons. The lowest BCUT2D eigenvalue weighted by molar-refractivity contribution is 0.0938. The van der Waals surface area contributed by atoms with Crippen molar-refractivity contribution < 1.29 is 13.6 Å². The Labute approximate surface area is 161 Å². The van der Waals surface area contributed by atoms with E-state index >= 15 is 0 Å². The minimum atomic E-state index is -0.332. The lowest BCUT2D eigenvalue weighted by Crippen LogP contribution is -2.32. The third kappa shape index (κ3) is 2.98. The van der Waals surface area contributed by atoms with Gasteiger partial charge in [0.2, 0.25) is 5.82 Å². The number of benzene rings is 1. The van der Waals surface area contributed by atoms with Gasteiger partial charge in [0, 0.05) is 18.5 Å². The van der Waals surface area contributed by atoms with E-state index in [1.54, 1.807) is 12.3 Å². The summed E-state index contributed by atoms with van der Waals surface area (Å²) >= 11 is 0. The van der Waals surface area contributed by atoms with Crippen LogP contribution in [0.1, 0.15) is 35.6 Å². The first-order valence-electron chi connectivity index (χ1n) is 9.54. The van der Waals surface area contributed by atoms with Crippen LogP contribution in [0, 0.1) is 0 Å². The first kappa shape index (κ1) is 16.8. The molecule has 7 nitrogen and oxygen atoms in total. The molecule has 1 aliphatic heterocycles. The molecule has 0 aliphatic carbocycles. The van der Waals surface area contributed by atoms with Crippen LogP contribution in [0.25, 0.3) is 22.1 Å². The standard InChI is InChI=1S/C21H20N4O3/c26-21(22-13-14-7-6-12-27-14)19-23-17-15-8-2-3-9-16(15)28-18(17)20(24-19)25-10-4-1-5-11-25/h2-3,6-9,12H,1,4-5,10-11,13H2,(H,22,26). The fourth-order valence-corrected chi connectivity index (χ4v) is 3.66. The molecule has 1 fully saturated rings. The number of aromatic nitrogens is 2. The van der Waals surface area contributed by atoms with Gasteiger partial charge in [-0.05, 0) is 43.5 Å². The zero-order valence-corrected chi connectivity index (χ0v) is 15.4. The Kier molecular flexibility index (Phi) is 4.20. The number of hydrogen-bond donors (Lipinski definition) is 1. The summed E-state index contributed by atoms with van der Waals surface area (Å²) in [5.41, 5.74) is 2.07. The molecule has 1 aliphatic rings. The summed E-state index contributed by atoms with van der Waals surface area (Å²) in [7, 11) is 0. The summed E-state index contributed by atoms with van der Waals surface area (Å²) in [5, 5.41) is 3.72. The molecule has 28 heavy (non-hydrogen) atoms. The number of fused-ring (bicyclic) bond motifs is 3. The maximum atomic E-state index is 12.7. The average Bonchev–Trinajstić information content (AvgIpc) is 3.39. The Hall–Kier alpha value is -3.35. The predicted molar refractivity (Wildman–Crippen MR) is 105 cm³/mol. The van der Waals surface area contributed by atoms with Gasteiger partial charge in [-0.3, -0.25) is 4.79 Å². The van der Waals surface area contributed by atoms with E-state index < -0.39 is 0 Å². The summed E-state index contributed by atoms with van der Waals surface area (Å²) in [5.74, 6) is 1.19. The summed E-state index contributed by atoms with van der Waals surface area (Å²) < 4.78 is 11.4. The van der Waals surface area contributed by atoms with E-state index in [1.807, 2.05) is 30.3 Å². The Morgan fingerprint density at radius 1 is 1.07 bits per heavy atom. The molecule has 1 N–H and O–H groups in total. The molecule has 5 rings (SSSR count). The number of nitrogens with zero attached hydrogens (tertiary/aromatic N) is 3. The molecule has 1 aromatic carbocycles. The molecular formula is C21H20N4O3. The van der Waals surface area contributed by atoms with Crippen LogP contribution in [0.3, 0.4) is 0 Å². The van der Waals surface area contributed by atoms with Crippen LogP contribution in [0.5, 0.6) is 0 Å². The predicted octanol–water partition coefficient (Wildman–Crippen LogP) is 3.89. The normalized spacial score (nSPS) is 14.6. The Morgan fingerprint density at radius 2 is 1.93 bits per heavy atom. The number of carbonyl (C=O) groups excluding carboxylic acids is 1. The number of nitrogens with one attached hydrogen (secondary N) is 1. The largest absolute Gasteiger partial charge is 0.467 e. The Balaban J connectivity index is 1.58. The first-order chi connectivity index (χ1) is 13.8. The zero-order chi connectivity index (χ0) is 18.9. The van der Waals surface area contributed by atoms with Gasteiger partial charge >= 0.3 is 0 Å². The molecular weight excluding hydrogens is 356 g/mol. The molecule has 0 atom stereocenters. The summed E-state index contributed by atoms with van der Waals surface area (Å²) in [6.07, 6.45) is 4.99. The van der Waals surface area contributed by atoms with Crippen molar-refractivity contribution in [3.8, 4) is 0 Å². The third-order valence-electron chi connectivity index (χ3n) is 5.06. The first-order valence-corrected chi connectivity index (χ1v) is 9.54. The maximum absolute atomic E-state index is 12.7. The zero-order valence-electron chi connectivity index (χ0n) is 15.4. The van der Waals surface area contributed by atoms with Crippen molar-refractivity contribution in [3.63, 3.8) is 0 Å². The van der Waals surface area contributed by atoms with E-state index in [0.29, 0.717) is 29.2 Å². The van der Waals surface area contributed by atoms with Crippen LogP contribution in [0.2, 0.25) is 0 Å². The van der Waals surface area contributed by atoms with Gasteiger partial charge in [-0.25, -0.2) is 9.97 Å². The molecule has 4 aromatic rings. The molecule has 0 radical (unpaired) electrons. The quantitative estimate of drug-likeness (QED) is 0.582. The summed E-state index contributed by atoms with van der Waals surface area (Å²) in [4.78, 5) is 24.1. The van der Waals surface area contributed by atoms with Gasteiger partial charge in [0.1, 0.15) is 16.9 Å². The van der Waals surface area contributed by atoms with E-state index in [9.17, 15) is 4.79 Å². The van der Waals surface area contributed by atoms with E-state index in [4.69, 9.17) is 8.83 Å². The highest BCUT2D eigenvalue weighted by atomic mass is 16.3. The van der Waals surface area contributed by atoms with Gasteiger partial charge in [0.05, 0.1) is 12.8 Å². The van der Waals surface area contributed by atoms with Crippen molar-refractivity contribution >= 4 is 33.8 Å².